The highest BCUT2D eigenvalue weighted by molar-refractivity contribution is 5.96. The Kier molecular flexibility index (Phi) is 6.45. The van der Waals surface area contributed by atoms with E-state index in [1.807, 2.05) is 54.0 Å². The second-order valence-corrected chi connectivity index (χ2v) is 10.1. The SMILES string of the molecule is Cc1cc(C)cc(C(=O)N2CCO[C@@]3(C2)C(=O)N(CC2CCOCC2)C[C@H]3c2ccccc2)c1. The van der Waals surface area contributed by atoms with Crippen LogP contribution in [0.1, 0.15) is 45.8 Å². The topological polar surface area (TPSA) is 59.1 Å². The van der Waals surface area contributed by atoms with Crippen LogP contribution < -0.4 is 0 Å². The van der Waals surface area contributed by atoms with Gasteiger partial charge in [-0.25, -0.2) is 0 Å². The van der Waals surface area contributed by atoms with Crippen LogP contribution in [0, 0.1) is 19.8 Å². The maximum Gasteiger partial charge on any atom is 0.257 e. The molecule has 6 nitrogen and oxygen atoms in total. The van der Waals surface area contributed by atoms with Crippen molar-refractivity contribution in [3.8, 4) is 0 Å². The van der Waals surface area contributed by atoms with E-state index < -0.39 is 5.60 Å². The second-order valence-electron chi connectivity index (χ2n) is 10.1. The molecular weight excluding hydrogens is 428 g/mol. The van der Waals surface area contributed by atoms with E-state index in [-0.39, 0.29) is 24.3 Å². The summed E-state index contributed by atoms with van der Waals surface area (Å²) in [4.78, 5) is 31.3. The Labute approximate surface area is 201 Å². The zero-order valence-corrected chi connectivity index (χ0v) is 20.2. The van der Waals surface area contributed by atoms with Crippen molar-refractivity contribution in [1.82, 2.24) is 9.80 Å². The van der Waals surface area contributed by atoms with Crippen molar-refractivity contribution in [3.05, 3.63) is 70.8 Å². The number of aryl methyl sites for hydroxylation is 2. The number of benzene rings is 2. The van der Waals surface area contributed by atoms with E-state index >= 15 is 0 Å². The van der Waals surface area contributed by atoms with E-state index in [0.717, 1.165) is 49.3 Å². The largest absolute Gasteiger partial charge is 0.381 e. The monoisotopic (exact) mass is 462 g/mol. The first-order valence-corrected chi connectivity index (χ1v) is 12.4. The minimum absolute atomic E-state index is 0.0192. The van der Waals surface area contributed by atoms with Gasteiger partial charge in [-0.05, 0) is 50.3 Å². The fraction of sp³-hybridized carbons (Fsp3) is 0.500. The predicted octanol–water partition coefficient (Wildman–Crippen LogP) is 3.57. The normalized spacial score (nSPS) is 25.8. The fourth-order valence-electron chi connectivity index (χ4n) is 5.87. The summed E-state index contributed by atoms with van der Waals surface area (Å²) >= 11 is 0. The van der Waals surface area contributed by atoms with Gasteiger partial charge in [-0.2, -0.15) is 0 Å². The standard InChI is InChI=1S/C28H34N2O4/c1-20-14-21(2)16-24(15-20)26(31)29-10-13-34-28(19-29)25(23-6-4-3-5-7-23)18-30(27(28)32)17-22-8-11-33-12-9-22/h3-7,14-16,22,25H,8-13,17-19H2,1-2H3/t25-,28+/m0/s1. The molecule has 3 heterocycles. The van der Waals surface area contributed by atoms with Crippen LogP contribution in [-0.4, -0.2) is 73.2 Å². The Morgan fingerprint density at radius 2 is 1.74 bits per heavy atom. The summed E-state index contributed by atoms with van der Waals surface area (Å²) < 4.78 is 11.9. The van der Waals surface area contributed by atoms with Gasteiger partial charge in [0, 0.05) is 44.3 Å². The van der Waals surface area contributed by atoms with Crippen LogP contribution in [0.3, 0.4) is 0 Å². The van der Waals surface area contributed by atoms with Gasteiger partial charge < -0.3 is 19.3 Å². The van der Waals surface area contributed by atoms with Gasteiger partial charge in [-0.3, -0.25) is 9.59 Å². The molecule has 6 heteroatoms. The summed E-state index contributed by atoms with van der Waals surface area (Å²) in [6.45, 7) is 7.99. The quantitative estimate of drug-likeness (QED) is 0.697. The Morgan fingerprint density at radius 1 is 1.03 bits per heavy atom. The van der Waals surface area contributed by atoms with Crippen LogP contribution in [0.4, 0.5) is 0 Å². The van der Waals surface area contributed by atoms with Crippen molar-refractivity contribution in [2.75, 3.05) is 46.0 Å². The number of ether oxygens (including phenoxy) is 2. The zero-order chi connectivity index (χ0) is 23.7. The molecular formula is C28H34N2O4. The molecule has 180 valence electrons. The molecule has 3 aliphatic rings. The Balaban J connectivity index is 1.44. The lowest BCUT2D eigenvalue weighted by molar-refractivity contribution is -0.160. The Hall–Kier alpha value is -2.70. The molecule has 0 N–H and O–H groups in total. The number of rotatable bonds is 4. The molecule has 3 fully saturated rings. The van der Waals surface area contributed by atoms with E-state index in [1.54, 1.807) is 0 Å². The summed E-state index contributed by atoms with van der Waals surface area (Å²) in [5.41, 5.74) is 2.85. The summed E-state index contributed by atoms with van der Waals surface area (Å²) in [5.74, 6) is 0.319. The third-order valence-electron chi connectivity index (χ3n) is 7.54. The van der Waals surface area contributed by atoms with Gasteiger partial charge in [0.15, 0.2) is 5.60 Å². The lowest BCUT2D eigenvalue weighted by Gasteiger charge is -2.42. The average Bonchev–Trinajstić information content (AvgIpc) is 3.10. The van der Waals surface area contributed by atoms with Crippen molar-refractivity contribution < 1.29 is 19.1 Å². The van der Waals surface area contributed by atoms with E-state index in [4.69, 9.17) is 9.47 Å². The molecule has 2 atom stereocenters. The maximum atomic E-state index is 14.0. The van der Waals surface area contributed by atoms with Crippen molar-refractivity contribution in [2.45, 2.75) is 38.2 Å². The number of amides is 2. The lowest BCUT2D eigenvalue weighted by atomic mass is 9.83. The van der Waals surface area contributed by atoms with E-state index in [0.29, 0.717) is 31.2 Å². The van der Waals surface area contributed by atoms with Crippen LogP contribution in [0.2, 0.25) is 0 Å². The molecule has 34 heavy (non-hydrogen) atoms. The van der Waals surface area contributed by atoms with Crippen LogP contribution in [0.25, 0.3) is 0 Å². The molecule has 0 aliphatic carbocycles. The molecule has 2 aromatic carbocycles. The Morgan fingerprint density at radius 3 is 2.44 bits per heavy atom. The van der Waals surface area contributed by atoms with Crippen LogP contribution in [0.15, 0.2) is 48.5 Å². The number of morpholine rings is 1. The molecule has 2 aromatic rings. The molecule has 0 saturated carbocycles. The smallest absolute Gasteiger partial charge is 0.257 e. The highest BCUT2D eigenvalue weighted by atomic mass is 16.5. The van der Waals surface area contributed by atoms with Crippen LogP contribution in [-0.2, 0) is 14.3 Å². The first kappa shape index (κ1) is 23.1. The number of likely N-dealkylation sites (tertiary alicyclic amines) is 1. The number of carbonyl (C=O) groups excluding carboxylic acids is 2. The molecule has 5 rings (SSSR count). The van der Waals surface area contributed by atoms with Gasteiger partial charge in [-0.1, -0.05) is 47.5 Å². The van der Waals surface area contributed by atoms with Gasteiger partial charge in [-0.15, -0.1) is 0 Å². The number of hydrogen-bond acceptors (Lipinski definition) is 4. The van der Waals surface area contributed by atoms with E-state index in [1.165, 1.54) is 0 Å². The van der Waals surface area contributed by atoms with Crippen LogP contribution in [0.5, 0.6) is 0 Å². The molecule has 2 amide bonds. The minimum atomic E-state index is -1.04. The molecule has 3 saturated heterocycles. The highest BCUT2D eigenvalue weighted by Crippen LogP contribution is 2.43. The summed E-state index contributed by atoms with van der Waals surface area (Å²) in [5, 5.41) is 0. The third kappa shape index (κ3) is 4.37. The van der Waals surface area contributed by atoms with E-state index in [9.17, 15) is 9.59 Å². The van der Waals surface area contributed by atoms with Gasteiger partial charge >= 0.3 is 0 Å². The predicted molar refractivity (Wildman–Crippen MR) is 130 cm³/mol. The fourth-order valence-corrected chi connectivity index (χ4v) is 5.87. The maximum absolute atomic E-state index is 14.0. The van der Waals surface area contributed by atoms with Crippen molar-refractivity contribution in [2.24, 2.45) is 5.92 Å². The van der Waals surface area contributed by atoms with Gasteiger partial charge in [0.1, 0.15) is 0 Å². The van der Waals surface area contributed by atoms with Crippen molar-refractivity contribution in [3.63, 3.8) is 0 Å². The molecule has 0 radical (unpaired) electrons. The lowest BCUT2D eigenvalue weighted by Crippen LogP contribution is -2.59. The van der Waals surface area contributed by atoms with Crippen molar-refractivity contribution in [1.29, 1.82) is 0 Å². The Bertz CT molecular complexity index is 1030. The minimum Gasteiger partial charge on any atom is -0.381 e. The number of carbonyl (C=O) groups is 2. The van der Waals surface area contributed by atoms with Gasteiger partial charge in [0.05, 0.1) is 13.2 Å². The molecule has 3 aliphatic heterocycles. The van der Waals surface area contributed by atoms with Crippen molar-refractivity contribution >= 4 is 11.8 Å². The first-order chi connectivity index (χ1) is 16.5. The van der Waals surface area contributed by atoms with Crippen LogP contribution >= 0.6 is 0 Å². The molecule has 0 unspecified atom stereocenters. The number of nitrogens with zero attached hydrogens (tertiary/aromatic N) is 2. The highest BCUT2D eigenvalue weighted by Gasteiger charge is 2.58. The average molecular weight is 463 g/mol. The zero-order valence-electron chi connectivity index (χ0n) is 20.2. The van der Waals surface area contributed by atoms with E-state index in [2.05, 4.69) is 18.2 Å². The number of hydrogen-bond donors (Lipinski definition) is 0. The second kappa shape index (κ2) is 9.51. The summed E-state index contributed by atoms with van der Waals surface area (Å²) in [6.07, 6.45) is 1.95. The van der Waals surface area contributed by atoms with Gasteiger partial charge in [0.25, 0.3) is 11.8 Å². The third-order valence-corrected chi connectivity index (χ3v) is 7.54. The summed E-state index contributed by atoms with van der Waals surface area (Å²) in [7, 11) is 0. The first-order valence-electron chi connectivity index (χ1n) is 12.4. The summed E-state index contributed by atoms with van der Waals surface area (Å²) in [6, 6.07) is 16.1. The molecule has 0 aromatic heterocycles. The molecule has 0 bridgehead atoms. The van der Waals surface area contributed by atoms with Gasteiger partial charge in [0.2, 0.25) is 0 Å². The molecule has 1 spiro atoms.